The number of fused-ring (bicyclic) bond motifs is 5. The Bertz CT molecular complexity index is 935. The highest BCUT2D eigenvalue weighted by atomic mass is 127. The Morgan fingerprint density at radius 1 is 1.14 bits per heavy atom. The molecule has 2 saturated carbocycles. The second kappa shape index (κ2) is 6.50. The fourth-order valence-corrected chi connectivity index (χ4v) is 6.38. The van der Waals surface area contributed by atoms with Crippen LogP contribution in [0.3, 0.4) is 0 Å². The number of rotatable bonds is 4. The van der Waals surface area contributed by atoms with E-state index in [-0.39, 0.29) is 12.8 Å². The van der Waals surface area contributed by atoms with Gasteiger partial charge in [-0.2, -0.15) is 26.0 Å². The second-order valence-corrected chi connectivity index (χ2v) is 11.0. The van der Waals surface area contributed by atoms with Gasteiger partial charge in [0.25, 0.3) is 0 Å². The molecule has 2 aliphatic carbocycles. The van der Waals surface area contributed by atoms with E-state index in [2.05, 4.69) is 22.6 Å². The summed E-state index contributed by atoms with van der Waals surface area (Å²) in [4.78, 5) is 0. The maximum Gasteiger partial charge on any atom is 0.431 e. The largest absolute Gasteiger partial charge is 0.431 e. The van der Waals surface area contributed by atoms with E-state index in [0.29, 0.717) is 5.56 Å². The van der Waals surface area contributed by atoms with Crippen molar-refractivity contribution in [3.63, 3.8) is 0 Å². The fraction of sp³-hybridized carbons (Fsp3) is 0.667. The van der Waals surface area contributed by atoms with Gasteiger partial charge in [0, 0.05) is 15.1 Å². The first-order valence-electron chi connectivity index (χ1n) is 9.03. The van der Waals surface area contributed by atoms with Crippen molar-refractivity contribution in [2.75, 3.05) is 0 Å². The van der Waals surface area contributed by atoms with Crippen LogP contribution in [0.15, 0.2) is 18.2 Å². The summed E-state index contributed by atoms with van der Waals surface area (Å²) in [6, 6.07) is 5.64. The quantitative estimate of drug-likeness (QED) is 0.344. The summed E-state index contributed by atoms with van der Waals surface area (Å²) >= 11 is 2.13. The Hall–Kier alpha value is -0.500. The van der Waals surface area contributed by atoms with Gasteiger partial charge in [0.1, 0.15) is 0 Å². The van der Waals surface area contributed by atoms with Gasteiger partial charge in [-0.3, -0.25) is 4.55 Å². The lowest BCUT2D eigenvalue weighted by Crippen LogP contribution is -2.55. The highest BCUT2D eigenvalue weighted by Gasteiger charge is 2.75. The molecule has 11 heteroatoms. The SMILES string of the molecule is Cc1cc(I)cc(C2(C)OC3C4CC(C3O2)C(C(F)(F)C(F)(F)S(=O)(=O)O)C4)c1. The van der Waals surface area contributed by atoms with Crippen LogP contribution in [0.5, 0.6) is 0 Å². The molecule has 0 aromatic heterocycles. The second-order valence-electron chi connectivity index (χ2n) is 8.24. The monoisotopic (exact) mass is 550 g/mol. The fourth-order valence-electron chi connectivity index (χ4n) is 5.06. The van der Waals surface area contributed by atoms with E-state index in [9.17, 15) is 26.0 Å². The van der Waals surface area contributed by atoms with Gasteiger partial charge in [-0.15, -0.1) is 0 Å². The van der Waals surface area contributed by atoms with E-state index in [1.54, 1.807) is 6.92 Å². The Labute approximate surface area is 179 Å². The summed E-state index contributed by atoms with van der Waals surface area (Å²) in [6.45, 7) is 3.55. The lowest BCUT2D eigenvalue weighted by Gasteiger charge is -2.36. The van der Waals surface area contributed by atoms with E-state index < -0.39 is 57.0 Å². The third-order valence-corrected chi connectivity index (χ3v) is 7.87. The summed E-state index contributed by atoms with van der Waals surface area (Å²) in [5.74, 6) is -9.53. The number of alkyl halides is 4. The van der Waals surface area contributed by atoms with Gasteiger partial charge in [-0.1, -0.05) is 6.07 Å². The molecule has 1 aliphatic heterocycles. The van der Waals surface area contributed by atoms with Gasteiger partial charge in [-0.25, -0.2) is 0 Å². The van der Waals surface area contributed by atoms with Crippen LogP contribution in [0.2, 0.25) is 0 Å². The first kappa shape index (κ1) is 21.7. The molecule has 1 aromatic carbocycles. The number of ether oxygens (including phenoxy) is 2. The van der Waals surface area contributed by atoms with Crippen LogP contribution in [0.4, 0.5) is 17.6 Å². The zero-order valence-electron chi connectivity index (χ0n) is 15.4. The predicted octanol–water partition coefficient (Wildman–Crippen LogP) is 4.33. The minimum absolute atomic E-state index is 0.179. The van der Waals surface area contributed by atoms with Gasteiger partial charge < -0.3 is 9.47 Å². The molecular formula is C18H19F4IO5S. The first-order valence-corrected chi connectivity index (χ1v) is 11.6. The van der Waals surface area contributed by atoms with E-state index in [1.165, 1.54) is 0 Å². The molecule has 0 radical (unpaired) electrons. The molecule has 3 fully saturated rings. The number of benzene rings is 1. The van der Waals surface area contributed by atoms with E-state index >= 15 is 0 Å². The smallest absolute Gasteiger partial charge is 0.340 e. The van der Waals surface area contributed by atoms with E-state index in [1.807, 2.05) is 25.1 Å². The maximum atomic E-state index is 14.6. The molecule has 2 bridgehead atoms. The lowest BCUT2D eigenvalue weighted by molar-refractivity contribution is -0.214. The van der Waals surface area contributed by atoms with Crippen molar-refractivity contribution in [1.82, 2.24) is 0 Å². The standard InChI is InChI=1S/C18H19F4IO5S/c1-8-3-10(7-11(23)4-8)16(2)27-14-9-5-12(15(14)28-16)13(6-9)17(19,20)18(21,22)29(24,25)26/h3-4,7,9,12-15H,5-6H2,1-2H3,(H,24,25,26). The molecule has 29 heavy (non-hydrogen) atoms. The van der Waals surface area contributed by atoms with Crippen molar-refractivity contribution >= 4 is 32.7 Å². The number of hydrogen-bond donors (Lipinski definition) is 1. The van der Waals surface area contributed by atoms with E-state index in [4.69, 9.17) is 14.0 Å². The average molecular weight is 550 g/mol. The number of aryl methyl sites for hydroxylation is 1. The zero-order valence-corrected chi connectivity index (χ0v) is 18.4. The van der Waals surface area contributed by atoms with Crippen molar-refractivity contribution in [3.8, 4) is 0 Å². The zero-order chi connectivity index (χ0) is 21.6. The predicted molar refractivity (Wildman–Crippen MR) is 102 cm³/mol. The minimum atomic E-state index is -6.27. The summed E-state index contributed by atoms with van der Waals surface area (Å²) in [6.07, 6.45) is -1.53. The number of halogens is 5. The van der Waals surface area contributed by atoms with Gasteiger partial charge in [-0.05, 0) is 78.8 Å². The van der Waals surface area contributed by atoms with Crippen molar-refractivity contribution in [3.05, 3.63) is 32.9 Å². The third kappa shape index (κ3) is 3.14. The molecule has 162 valence electrons. The molecule has 3 aliphatic rings. The highest BCUT2D eigenvalue weighted by Crippen LogP contribution is 2.62. The first-order chi connectivity index (χ1) is 13.2. The number of hydrogen-bond acceptors (Lipinski definition) is 4. The molecule has 1 heterocycles. The van der Waals surface area contributed by atoms with Crippen LogP contribution >= 0.6 is 22.6 Å². The molecule has 4 rings (SSSR count). The van der Waals surface area contributed by atoms with Gasteiger partial charge in [0.2, 0.25) is 0 Å². The van der Waals surface area contributed by atoms with Crippen molar-refractivity contribution in [2.45, 2.75) is 55.9 Å². The van der Waals surface area contributed by atoms with E-state index in [0.717, 1.165) is 9.13 Å². The van der Waals surface area contributed by atoms with Gasteiger partial charge in [0.15, 0.2) is 5.79 Å². The molecule has 5 nitrogen and oxygen atoms in total. The van der Waals surface area contributed by atoms with Crippen molar-refractivity contribution in [2.24, 2.45) is 17.8 Å². The summed E-state index contributed by atoms with van der Waals surface area (Å²) < 4.78 is 100. The van der Waals surface area contributed by atoms with Crippen LogP contribution in [0, 0.1) is 28.2 Å². The molecule has 6 atom stereocenters. The molecule has 1 N–H and O–H groups in total. The molecule has 0 spiro atoms. The molecular weight excluding hydrogens is 531 g/mol. The Balaban J connectivity index is 1.63. The van der Waals surface area contributed by atoms with Crippen LogP contribution in [-0.4, -0.2) is 36.4 Å². The van der Waals surface area contributed by atoms with Crippen molar-refractivity contribution in [1.29, 1.82) is 0 Å². The molecule has 1 aromatic rings. The Morgan fingerprint density at radius 2 is 1.76 bits per heavy atom. The third-order valence-electron chi connectivity index (χ3n) is 6.32. The Morgan fingerprint density at radius 3 is 2.34 bits per heavy atom. The van der Waals surface area contributed by atoms with Gasteiger partial charge >= 0.3 is 21.3 Å². The van der Waals surface area contributed by atoms with Gasteiger partial charge in [0.05, 0.1) is 12.2 Å². The molecule has 1 saturated heterocycles. The maximum absolute atomic E-state index is 14.6. The minimum Gasteiger partial charge on any atom is -0.340 e. The average Bonchev–Trinajstić information content (AvgIpc) is 3.22. The summed E-state index contributed by atoms with van der Waals surface area (Å²) in [5, 5.41) is -5.57. The summed E-state index contributed by atoms with van der Waals surface area (Å²) in [7, 11) is -6.27. The molecule has 0 amide bonds. The van der Waals surface area contributed by atoms with Crippen LogP contribution in [0.1, 0.15) is 30.9 Å². The van der Waals surface area contributed by atoms with Crippen LogP contribution < -0.4 is 0 Å². The highest BCUT2D eigenvalue weighted by molar-refractivity contribution is 14.1. The lowest BCUT2D eigenvalue weighted by atomic mass is 9.81. The topological polar surface area (TPSA) is 72.8 Å². The summed E-state index contributed by atoms with van der Waals surface area (Å²) in [5.41, 5.74) is 1.65. The van der Waals surface area contributed by atoms with Crippen LogP contribution in [-0.2, 0) is 25.4 Å². The van der Waals surface area contributed by atoms with Crippen molar-refractivity contribution < 1.29 is 40.0 Å². The Kier molecular flexibility index (Phi) is 4.87. The molecule has 6 unspecified atom stereocenters. The normalized spacial score (nSPS) is 37.2. The van der Waals surface area contributed by atoms with Crippen LogP contribution in [0.25, 0.3) is 0 Å².